The quantitative estimate of drug-likeness (QED) is 0.718. The normalized spacial score (nSPS) is 30.1. The van der Waals surface area contributed by atoms with Gasteiger partial charge >= 0.3 is 0 Å². The molecule has 4 nitrogen and oxygen atoms in total. The molecule has 0 aliphatic carbocycles. The highest BCUT2D eigenvalue weighted by Crippen LogP contribution is 2.15. The molecule has 0 saturated carbocycles. The highest BCUT2D eigenvalue weighted by atomic mass is 32.2. The van der Waals surface area contributed by atoms with E-state index >= 15 is 0 Å². The van der Waals surface area contributed by atoms with E-state index in [0.717, 1.165) is 6.42 Å². The van der Waals surface area contributed by atoms with Gasteiger partial charge in [-0.05, 0) is 13.3 Å². The topological polar surface area (TPSA) is 63.4 Å². The Labute approximate surface area is 86.4 Å². The third kappa shape index (κ3) is 2.46. The molecule has 2 unspecified atom stereocenters. The molecule has 0 aromatic heterocycles. The third-order valence-electron chi connectivity index (χ3n) is 3.09. The Kier molecular flexibility index (Phi) is 3.92. The summed E-state index contributed by atoms with van der Waals surface area (Å²) in [6.07, 6.45) is 1.05. The van der Waals surface area contributed by atoms with E-state index in [1.54, 1.807) is 0 Å². The molecule has 5 heteroatoms. The SMILES string of the molecule is CCC(C)N1CCS(=O)(=O)C(CN)C1. The van der Waals surface area contributed by atoms with Crippen molar-refractivity contribution in [3.8, 4) is 0 Å². The van der Waals surface area contributed by atoms with E-state index in [-0.39, 0.29) is 17.5 Å². The van der Waals surface area contributed by atoms with Crippen LogP contribution in [0.4, 0.5) is 0 Å². The Hall–Kier alpha value is -0.130. The average molecular weight is 220 g/mol. The van der Waals surface area contributed by atoms with Crippen LogP contribution in [0.15, 0.2) is 0 Å². The minimum absolute atomic E-state index is 0.245. The summed E-state index contributed by atoms with van der Waals surface area (Å²) >= 11 is 0. The van der Waals surface area contributed by atoms with E-state index in [1.807, 2.05) is 0 Å². The van der Waals surface area contributed by atoms with Gasteiger partial charge in [0.25, 0.3) is 0 Å². The first-order chi connectivity index (χ1) is 6.51. The van der Waals surface area contributed by atoms with Crippen LogP contribution in [0.2, 0.25) is 0 Å². The lowest BCUT2D eigenvalue weighted by atomic mass is 10.2. The Morgan fingerprint density at radius 3 is 2.71 bits per heavy atom. The Morgan fingerprint density at radius 1 is 1.57 bits per heavy atom. The maximum atomic E-state index is 11.6. The second kappa shape index (κ2) is 4.59. The molecule has 0 amide bonds. The lowest BCUT2D eigenvalue weighted by Gasteiger charge is -2.35. The molecule has 2 N–H and O–H groups in total. The van der Waals surface area contributed by atoms with Crippen molar-refractivity contribution < 1.29 is 8.42 Å². The second-order valence-corrected chi connectivity index (χ2v) is 6.38. The largest absolute Gasteiger partial charge is 0.329 e. The number of hydrogen-bond acceptors (Lipinski definition) is 4. The van der Waals surface area contributed by atoms with Crippen LogP contribution in [-0.4, -0.2) is 50.0 Å². The highest BCUT2D eigenvalue weighted by molar-refractivity contribution is 7.92. The standard InChI is InChI=1S/C9H20N2O2S/c1-3-8(2)11-4-5-14(12,13)9(6-10)7-11/h8-9H,3-7,10H2,1-2H3. The second-order valence-electron chi connectivity index (χ2n) is 3.98. The van der Waals surface area contributed by atoms with Gasteiger partial charge < -0.3 is 5.73 Å². The Balaban J connectivity index is 2.66. The zero-order valence-electron chi connectivity index (χ0n) is 8.94. The van der Waals surface area contributed by atoms with Gasteiger partial charge in [-0.1, -0.05) is 6.92 Å². The maximum Gasteiger partial charge on any atom is 0.156 e. The molecular weight excluding hydrogens is 200 g/mol. The summed E-state index contributed by atoms with van der Waals surface area (Å²) < 4.78 is 23.1. The van der Waals surface area contributed by atoms with Crippen LogP contribution < -0.4 is 5.73 Å². The highest BCUT2D eigenvalue weighted by Gasteiger charge is 2.32. The summed E-state index contributed by atoms with van der Waals surface area (Å²) in [7, 11) is -2.91. The zero-order chi connectivity index (χ0) is 10.8. The van der Waals surface area contributed by atoms with Crippen molar-refractivity contribution in [3.05, 3.63) is 0 Å². The van der Waals surface area contributed by atoms with Crippen molar-refractivity contribution in [1.29, 1.82) is 0 Å². The fraction of sp³-hybridized carbons (Fsp3) is 1.00. The Bertz CT molecular complexity index is 277. The minimum atomic E-state index is -2.91. The van der Waals surface area contributed by atoms with E-state index in [4.69, 9.17) is 5.73 Å². The fourth-order valence-electron chi connectivity index (χ4n) is 1.76. The summed E-state index contributed by atoms with van der Waals surface area (Å²) in [5, 5.41) is -0.356. The number of rotatable bonds is 3. The number of nitrogens with zero attached hydrogens (tertiary/aromatic N) is 1. The van der Waals surface area contributed by atoms with E-state index in [2.05, 4.69) is 18.7 Å². The van der Waals surface area contributed by atoms with Gasteiger partial charge in [-0.15, -0.1) is 0 Å². The monoisotopic (exact) mass is 220 g/mol. The molecule has 1 aliphatic rings. The lowest BCUT2D eigenvalue weighted by molar-refractivity contribution is 0.206. The number of sulfone groups is 1. The van der Waals surface area contributed by atoms with Crippen LogP contribution in [-0.2, 0) is 9.84 Å². The van der Waals surface area contributed by atoms with E-state index in [9.17, 15) is 8.42 Å². The first-order valence-electron chi connectivity index (χ1n) is 5.17. The summed E-state index contributed by atoms with van der Waals surface area (Å²) in [4.78, 5) is 2.22. The smallest absolute Gasteiger partial charge is 0.156 e. The fourth-order valence-corrected chi connectivity index (χ4v) is 3.29. The van der Waals surface area contributed by atoms with Crippen LogP contribution in [0.25, 0.3) is 0 Å². The molecule has 2 atom stereocenters. The van der Waals surface area contributed by atoms with Crippen LogP contribution in [0.1, 0.15) is 20.3 Å². The first kappa shape index (κ1) is 11.9. The van der Waals surface area contributed by atoms with Gasteiger partial charge in [0.05, 0.1) is 11.0 Å². The van der Waals surface area contributed by atoms with Gasteiger partial charge in [0, 0.05) is 25.7 Å². The molecule has 0 bridgehead atoms. The number of nitrogens with two attached hydrogens (primary N) is 1. The van der Waals surface area contributed by atoms with E-state index < -0.39 is 9.84 Å². The predicted molar refractivity (Wildman–Crippen MR) is 58.0 cm³/mol. The van der Waals surface area contributed by atoms with Crippen LogP contribution >= 0.6 is 0 Å². The molecule has 0 aromatic rings. The first-order valence-corrected chi connectivity index (χ1v) is 6.88. The average Bonchev–Trinajstić information content (AvgIpc) is 2.16. The molecule has 1 fully saturated rings. The third-order valence-corrected chi connectivity index (χ3v) is 5.19. The van der Waals surface area contributed by atoms with Crippen LogP contribution in [0, 0.1) is 0 Å². The summed E-state index contributed by atoms with van der Waals surface area (Å²) in [5.74, 6) is 0.263. The lowest BCUT2D eigenvalue weighted by Crippen LogP contribution is -2.52. The van der Waals surface area contributed by atoms with Crippen LogP contribution in [0.3, 0.4) is 0 Å². The van der Waals surface area contributed by atoms with Crippen molar-refractivity contribution in [3.63, 3.8) is 0 Å². The molecular formula is C9H20N2O2S. The number of hydrogen-bond donors (Lipinski definition) is 1. The molecule has 84 valence electrons. The van der Waals surface area contributed by atoms with E-state index in [0.29, 0.717) is 19.1 Å². The summed E-state index contributed by atoms with van der Waals surface area (Å²) in [5.41, 5.74) is 5.48. The van der Waals surface area contributed by atoms with E-state index in [1.165, 1.54) is 0 Å². The van der Waals surface area contributed by atoms with Crippen molar-refractivity contribution in [1.82, 2.24) is 4.90 Å². The molecule has 1 rings (SSSR count). The zero-order valence-corrected chi connectivity index (χ0v) is 9.76. The molecule has 0 radical (unpaired) electrons. The minimum Gasteiger partial charge on any atom is -0.329 e. The maximum absolute atomic E-state index is 11.6. The summed E-state index contributed by atoms with van der Waals surface area (Å²) in [6, 6.07) is 0.458. The van der Waals surface area contributed by atoms with Gasteiger partial charge in [-0.25, -0.2) is 8.42 Å². The molecule has 0 aromatic carbocycles. The predicted octanol–water partition coefficient (Wildman–Crippen LogP) is -0.157. The van der Waals surface area contributed by atoms with Gasteiger partial charge in [0.2, 0.25) is 0 Å². The molecule has 1 heterocycles. The van der Waals surface area contributed by atoms with Crippen molar-refractivity contribution in [2.24, 2.45) is 5.73 Å². The van der Waals surface area contributed by atoms with Gasteiger partial charge in [-0.3, -0.25) is 4.90 Å². The summed E-state index contributed by atoms with van der Waals surface area (Å²) in [6.45, 7) is 5.76. The van der Waals surface area contributed by atoms with Gasteiger partial charge in [0.1, 0.15) is 0 Å². The molecule has 1 saturated heterocycles. The van der Waals surface area contributed by atoms with Crippen LogP contribution in [0.5, 0.6) is 0 Å². The Morgan fingerprint density at radius 2 is 2.21 bits per heavy atom. The van der Waals surface area contributed by atoms with Gasteiger partial charge in [0.15, 0.2) is 9.84 Å². The molecule has 14 heavy (non-hydrogen) atoms. The van der Waals surface area contributed by atoms with Crippen molar-refractivity contribution in [2.75, 3.05) is 25.4 Å². The van der Waals surface area contributed by atoms with Crippen molar-refractivity contribution >= 4 is 9.84 Å². The van der Waals surface area contributed by atoms with Gasteiger partial charge in [-0.2, -0.15) is 0 Å². The molecule has 0 spiro atoms. The molecule has 1 aliphatic heterocycles. The van der Waals surface area contributed by atoms with Crippen molar-refractivity contribution in [2.45, 2.75) is 31.6 Å².